The molecule has 0 unspecified atom stereocenters. The molecule has 0 spiro atoms. The molecule has 0 saturated heterocycles. The summed E-state index contributed by atoms with van der Waals surface area (Å²) in [7, 11) is 0. The third-order valence-electron chi connectivity index (χ3n) is 4.24. The Morgan fingerprint density at radius 1 is 1.12 bits per heavy atom. The summed E-state index contributed by atoms with van der Waals surface area (Å²) in [6.45, 7) is 5.10. The molecule has 2 N–H and O–H groups in total. The molecule has 10 nitrogen and oxygen atoms in total. The number of nitrogens with zero attached hydrogens (tertiary/aromatic N) is 4. The molecular weight excluding hydrogens is 419 g/mol. The van der Waals surface area contributed by atoms with E-state index in [9.17, 15) is 14.0 Å². The molecule has 164 valence electrons. The van der Waals surface area contributed by atoms with Crippen molar-refractivity contribution in [1.82, 2.24) is 19.4 Å². The number of fused-ring (bicyclic) bond motifs is 1. The van der Waals surface area contributed by atoms with Crippen LogP contribution in [0, 0.1) is 12.7 Å². The Morgan fingerprint density at radius 3 is 2.66 bits per heavy atom. The third-order valence-corrected chi connectivity index (χ3v) is 4.24. The Morgan fingerprint density at radius 2 is 1.94 bits per heavy atom. The molecule has 1 aromatic carbocycles. The van der Waals surface area contributed by atoms with Gasteiger partial charge < -0.3 is 14.5 Å². The number of carbonyl (C=O) groups is 2. The fourth-order valence-corrected chi connectivity index (χ4v) is 2.90. The molecule has 11 heteroatoms. The Hall–Kier alpha value is -4.28. The van der Waals surface area contributed by atoms with Crippen LogP contribution in [0.1, 0.15) is 30.3 Å². The fourth-order valence-electron chi connectivity index (χ4n) is 2.90. The Kier molecular flexibility index (Phi) is 5.54. The normalized spacial score (nSPS) is 11.0. The number of halogens is 1. The van der Waals surface area contributed by atoms with Crippen LogP contribution in [-0.2, 0) is 4.74 Å². The SMILES string of the molecule is Cc1ncc(C(=O)Nc2ccc(F)c(-c3cn4cc(NC(=O)OC(C)C)cnc4n3)c2)o1. The van der Waals surface area contributed by atoms with Gasteiger partial charge in [0.05, 0.1) is 29.9 Å². The van der Waals surface area contributed by atoms with Gasteiger partial charge in [-0.1, -0.05) is 0 Å². The number of nitrogens with one attached hydrogen (secondary N) is 2. The van der Waals surface area contributed by atoms with Crippen molar-refractivity contribution < 1.29 is 23.1 Å². The number of oxazole rings is 1. The average molecular weight is 438 g/mol. The quantitative estimate of drug-likeness (QED) is 0.482. The zero-order valence-electron chi connectivity index (χ0n) is 17.4. The molecule has 0 aliphatic carbocycles. The zero-order valence-corrected chi connectivity index (χ0v) is 17.4. The molecule has 0 fully saturated rings. The topological polar surface area (TPSA) is 124 Å². The van der Waals surface area contributed by atoms with E-state index in [4.69, 9.17) is 9.15 Å². The van der Waals surface area contributed by atoms with E-state index in [1.54, 1.807) is 37.6 Å². The summed E-state index contributed by atoms with van der Waals surface area (Å²) in [5, 5.41) is 5.20. The van der Waals surface area contributed by atoms with Gasteiger partial charge in [0.25, 0.3) is 5.91 Å². The van der Waals surface area contributed by atoms with E-state index in [1.807, 2.05) is 0 Å². The lowest BCUT2D eigenvalue weighted by Gasteiger charge is -2.09. The number of amides is 2. The highest BCUT2D eigenvalue weighted by atomic mass is 19.1. The number of imidazole rings is 1. The smallest absolute Gasteiger partial charge is 0.411 e. The van der Waals surface area contributed by atoms with Crippen molar-refractivity contribution in [1.29, 1.82) is 0 Å². The predicted octanol–water partition coefficient (Wildman–Crippen LogP) is 4.04. The lowest BCUT2D eigenvalue weighted by Crippen LogP contribution is -2.18. The summed E-state index contributed by atoms with van der Waals surface area (Å²) in [5.41, 5.74) is 1.19. The molecule has 3 heterocycles. The second kappa shape index (κ2) is 8.46. The molecule has 4 aromatic rings. The minimum atomic E-state index is -0.613. The minimum absolute atomic E-state index is 0.0429. The van der Waals surface area contributed by atoms with Crippen molar-refractivity contribution in [2.75, 3.05) is 10.6 Å². The van der Waals surface area contributed by atoms with E-state index in [0.29, 0.717) is 28.7 Å². The van der Waals surface area contributed by atoms with Crippen molar-refractivity contribution in [2.24, 2.45) is 0 Å². The van der Waals surface area contributed by atoms with Crippen LogP contribution >= 0.6 is 0 Å². The highest BCUT2D eigenvalue weighted by Gasteiger charge is 2.15. The van der Waals surface area contributed by atoms with Crippen molar-refractivity contribution >= 4 is 29.2 Å². The molecule has 0 radical (unpaired) electrons. The lowest BCUT2D eigenvalue weighted by atomic mass is 10.1. The standard InChI is InChI=1S/C21H19FN6O4/c1-11(2)31-21(30)26-14-7-24-20-27-17(10-28(20)9-14)15-6-13(4-5-16(15)22)25-19(29)18-8-23-12(3)32-18/h4-11H,1-3H3,(H,25,29)(H,26,30). The molecule has 0 atom stereocenters. The second-order valence-corrected chi connectivity index (χ2v) is 7.15. The number of ether oxygens (including phenoxy) is 1. The first-order chi connectivity index (χ1) is 15.3. The highest BCUT2D eigenvalue weighted by Crippen LogP contribution is 2.26. The van der Waals surface area contributed by atoms with Gasteiger partial charge in [-0.25, -0.2) is 24.1 Å². The summed E-state index contributed by atoms with van der Waals surface area (Å²) >= 11 is 0. The zero-order chi connectivity index (χ0) is 22.8. The Bertz CT molecular complexity index is 1310. The molecule has 0 saturated carbocycles. The second-order valence-electron chi connectivity index (χ2n) is 7.15. The van der Waals surface area contributed by atoms with E-state index >= 15 is 0 Å². The number of hydrogen-bond acceptors (Lipinski definition) is 7. The van der Waals surface area contributed by atoms with Gasteiger partial charge in [-0.15, -0.1) is 0 Å². The molecule has 3 aromatic heterocycles. The Balaban J connectivity index is 1.58. The highest BCUT2D eigenvalue weighted by molar-refractivity contribution is 6.02. The molecule has 2 amide bonds. The number of hydrogen-bond donors (Lipinski definition) is 2. The summed E-state index contributed by atoms with van der Waals surface area (Å²) in [6.07, 6.45) is 4.99. The summed E-state index contributed by atoms with van der Waals surface area (Å²) in [4.78, 5) is 36.4. The number of anilines is 2. The first-order valence-electron chi connectivity index (χ1n) is 9.64. The van der Waals surface area contributed by atoms with E-state index in [0.717, 1.165) is 0 Å². The predicted molar refractivity (Wildman–Crippen MR) is 113 cm³/mol. The van der Waals surface area contributed by atoms with E-state index < -0.39 is 17.8 Å². The van der Waals surface area contributed by atoms with Crippen LogP contribution in [0.25, 0.3) is 17.0 Å². The van der Waals surface area contributed by atoms with Crippen LogP contribution in [0.15, 0.2) is 47.4 Å². The summed E-state index contributed by atoms with van der Waals surface area (Å²) in [6, 6.07) is 4.11. The molecule has 0 aliphatic rings. The molecular formula is C21H19FN6O4. The van der Waals surface area contributed by atoms with Crippen molar-refractivity contribution in [2.45, 2.75) is 26.9 Å². The number of benzene rings is 1. The van der Waals surface area contributed by atoms with Gasteiger partial charge in [0.2, 0.25) is 11.5 Å². The Labute approximate surface area is 181 Å². The molecule has 0 bridgehead atoms. The number of aromatic nitrogens is 4. The van der Waals surface area contributed by atoms with E-state index in [2.05, 4.69) is 25.6 Å². The van der Waals surface area contributed by atoms with Crippen LogP contribution in [0.4, 0.5) is 20.6 Å². The minimum Gasteiger partial charge on any atom is -0.447 e. The van der Waals surface area contributed by atoms with Crippen LogP contribution in [0.3, 0.4) is 0 Å². The number of rotatable bonds is 5. The van der Waals surface area contributed by atoms with Crippen LogP contribution in [0.5, 0.6) is 0 Å². The van der Waals surface area contributed by atoms with Gasteiger partial charge in [0.15, 0.2) is 5.89 Å². The third kappa shape index (κ3) is 4.56. The summed E-state index contributed by atoms with van der Waals surface area (Å²) in [5.74, 6) is -0.335. The van der Waals surface area contributed by atoms with Crippen LogP contribution in [0.2, 0.25) is 0 Å². The maximum absolute atomic E-state index is 14.5. The van der Waals surface area contributed by atoms with Gasteiger partial charge in [-0.2, -0.15) is 0 Å². The van der Waals surface area contributed by atoms with Crippen molar-refractivity contribution in [3.8, 4) is 11.3 Å². The average Bonchev–Trinajstić information content (AvgIpc) is 3.34. The fraction of sp³-hybridized carbons (Fsp3) is 0.190. The number of carbonyl (C=O) groups excluding carboxylic acids is 2. The molecule has 4 rings (SSSR count). The van der Waals surface area contributed by atoms with Gasteiger partial charge in [-0.3, -0.25) is 14.5 Å². The van der Waals surface area contributed by atoms with Gasteiger partial charge in [0, 0.05) is 30.6 Å². The number of aryl methyl sites for hydroxylation is 1. The van der Waals surface area contributed by atoms with Crippen molar-refractivity contribution in [3.63, 3.8) is 0 Å². The van der Waals surface area contributed by atoms with Crippen LogP contribution < -0.4 is 10.6 Å². The van der Waals surface area contributed by atoms with E-state index in [1.165, 1.54) is 30.6 Å². The van der Waals surface area contributed by atoms with Gasteiger partial charge in [-0.05, 0) is 32.0 Å². The van der Waals surface area contributed by atoms with Crippen molar-refractivity contribution in [3.05, 3.63) is 60.5 Å². The first-order valence-corrected chi connectivity index (χ1v) is 9.64. The maximum atomic E-state index is 14.5. The lowest BCUT2D eigenvalue weighted by molar-refractivity contribution is 0.0995. The summed E-state index contributed by atoms with van der Waals surface area (Å²) < 4.78 is 26.3. The molecule has 32 heavy (non-hydrogen) atoms. The first kappa shape index (κ1) is 21.0. The van der Waals surface area contributed by atoms with Crippen LogP contribution in [-0.4, -0.2) is 37.5 Å². The monoisotopic (exact) mass is 438 g/mol. The molecule has 0 aliphatic heterocycles. The maximum Gasteiger partial charge on any atom is 0.411 e. The van der Waals surface area contributed by atoms with E-state index in [-0.39, 0.29) is 17.4 Å². The van der Waals surface area contributed by atoms with Gasteiger partial charge >= 0.3 is 6.09 Å². The van der Waals surface area contributed by atoms with Gasteiger partial charge in [0.1, 0.15) is 5.82 Å². The largest absolute Gasteiger partial charge is 0.447 e.